The van der Waals surface area contributed by atoms with Gasteiger partial charge in [0.05, 0.1) is 5.69 Å². The third-order valence-corrected chi connectivity index (χ3v) is 4.06. The van der Waals surface area contributed by atoms with Crippen LogP contribution in [0.4, 0.5) is 11.4 Å². The number of benzene rings is 2. The number of hydrogen-bond donors (Lipinski definition) is 2. The minimum absolute atomic E-state index is 0.0854. The van der Waals surface area contributed by atoms with Crippen molar-refractivity contribution in [1.29, 1.82) is 0 Å². The van der Waals surface area contributed by atoms with E-state index in [1.807, 2.05) is 44.2 Å². The topological polar surface area (TPSA) is 84.7 Å². The molecule has 0 fully saturated rings. The lowest BCUT2D eigenvalue weighted by Crippen LogP contribution is -2.44. The Morgan fingerprint density at radius 2 is 1.96 bits per heavy atom. The molecule has 3 rings (SSSR count). The number of anilines is 2. The standard InChI is InChI=1S/C21H23N3O3/c1-14(2)12-23-20(25)13-24-17-9-8-16(22)11-18(17)27-19(21(24)26)10-15-6-4-3-5-7-15/h3-11,14H,12-13,22H2,1-2H3,(H,23,25)/b19-10+. The summed E-state index contributed by atoms with van der Waals surface area (Å²) in [6, 6.07) is 14.4. The first-order chi connectivity index (χ1) is 12.9. The molecular formula is C21H23N3O3. The molecule has 0 saturated heterocycles. The predicted octanol–water partition coefficient (Wildman–Crippen LogP) is 2.81. The number of rotatable bonds is 5. The smallest absolute Gasteiger partial charge is 0.294 e. The largest absolute Gasteiger partial charge is 0.449 e. The molecule has 2 aromatic carbocycles. The van der Waals surface area contributed by atoms with Gasteiger partial charge >= 0.3 is 0 Å². The SMILES string of the molecule is CC(C)CNC(=O)CN1C(=O)/C(=C\c2ccccc2)Oc2cc(N)ccc21. The second-order valence-electron chi connectivity index (χ2n) is 6.84. The Bertz CT molecular complexity index is 875. The quantitative estimate of drug-likeness (QED) is 0.630. The van der Waals surface area contributed by atoms with Gasteiger partial charge in [-0.05, 0) is 29.7 Å². The van der Waals surface area contributed by atoms with E-state index in [9.17, 15) is 9.59 Å². The molecule has 3 N–H and O–H groups in total. The van der Waals surface area contributed by atoms with Crippen molar-refractivity contribution in [2.75, 3.05) is 23.7 Å². The Morgan fingerprint density at radius 1 is 1.22 bits per heavy atom. The van der Waals surface area contributed by atoms with Crippen molar-refractivity contribution in [3.05, 3.63) is 59.9 Å². The van der Waals surface area contributed by atoms with E-state index < -0.39 is 0 Å². The van der Waals surface area contributed by atoms with Crippen molar-refractivity contribution in [3.63, 3.8) is 0 Å². The molecule has 6 heteroatoms. The summed E-state index contributed by atoms with van der Waals surface area (Å²) in [5.74, 6) is 0.343. The first-order valence-electron chi connectivity index (χ1n) is 8.86. The number of nitrogens with two attached hydrogens (primary N) is 1. The van der Waals surface area contributed by atoms with Gasteiger partial charge in [0.2, 0.25) is 5.91 Å². The Labute approximate surface area is 158 Å². The molecule has 2 aromatic rings. The highest BCUT2D eigenvalue weighted by Crippen LogP contribution is 2.37. The van der Waals surface area contributed by atoms with E-state index in [-0.39, 0.29) is 24.1 Å². The van der Waals surface area contributed by atoms with Gasteiger partial charge in [0, 0.05) is 18.3 Å². The van der Waals surface area contributed by atoms with Crippen LogP contribution in [0.2, 0.25) is 0 Å². The molecule has 0 aromatic heterocycles. The van der Waals surface area contributed by atoms with Gasteiger partial charge in [0.15, 0.2) is 11.5 Å². The Morgan fingerprint density at radius 3 is 2.67 bits per heavy atom. The zero-order valence-electron chi connectivity index (χ0n) is 15.4. The fourth-order valence-corrected chi connectivity index (χ4v) is 2.71. The number of nitrogens with zero attached hydrogens (tertiary/aromatic N) is 1. The van der Waals surface area contributed by atoms with Gasteiger partial charge in [0.1, 0.15) is 6.54 Å². The number of nitrogens with one attached hydrogen (secondary N) is 1. The average Bonchev–Trinajstić information content (AvgIpc) is 2.64. The number of carbonyl (C=O) groups is 2. The maximum atomic E-state index is 13.0. The van der Waals surface area contributed by atoms with Crippen LogP contribution in [0.1, 0.15) is 19.4 Å². The molecule has 0 radical (unpaired) electrons. The molecule has 1 aliphatic heterocycles. The second kappa shape index (κ2) is 7.95. The molecule has 0 atom stereocenters. The van der Waals surface area contributed by atoms with Crippen LogP contribution in [-0.2, 0) is 9.59 Å². The van der Waals surface area contributed by atoms with Crippen molar-refractivity contribution >= 4 is 29.3 Å². The maximum absolute atomic E-state index is 13.0. The summed E-state index contributed by atoms with van der Waals surface area (Å²) >= 11 is 0. The Kier molecular flexibility index (Phi) is 5.45. The Hall–Kier alpha value is -3.28. The zero-order valence-corrected chi connectivity index (χ0v) is 15.4. The van der Waals surface area contributed by atoms with E-state index in [1.54, 1.807) is 24.3 Å². The van der Waals surface area contributed by atoms with Crippen LogP contribution < -0.4 is 20.7 Å². The van der Waals surface area contributed by atoms with Crippen molar-refractivity contribution in [1.82, 2.24) is 5.32 Å². The van der Waals surface area contributed by atoms with E-state index >= 15 is 0 Å². The molecule has 0 saturated carbocycles. The van der Waals surface area contributed by atoms with Crippen LogP contribution in [0.25, 0.3) is 6.08 Å². The van der Waals surface area contributed by atoms with Gasteiger partial charge in [-0.1, -0.05) is 44.2 Å². The average molecular weight is 365 g/mol. The van der Waals surface area contributed by atoms with Gasteiger partial charge in [-0.25, -0.2) is 0 Å². The van der Waals surface area contributed by atoms with Gasteiger partial charge in [0.25, 0.3) is 5.91 Å². The molecule has 1 heterocycles. The van der Waals surface area contributed by atoms with Crippen LogP contribution >= 0.6 is 0 Å². The van der Waals surface area contributed by atoms with Gasteiger partial charge in [-0.15, -0.1) is 0 Å². The molecule has 6 nitrogen and oxygen atoms in total. The van der Waals surface area contributed by atoms with E-state index in [2.05, 4.69) is 5.32 Å². The second-order valence-corrected chi connectivity index (χ2v) is 6.84. The molecule has 0 spiro atoms. The third kappa shape index (κ3) is 4.47. The van der Waals surface area contributed by atoms with Gasteiger partial charge in [-0.3, -0.25) is 14.5 Å². The van der Waals surface area contributed by atoms with E-state index in [4.69, 9.17) is 10.5 Å². The van der Waals surface area contributed by atoms with E-state index in [0.29, 0.717) is 29.6 Å². The third-order valence-electron chi connectivity index (χ3n) is 4.06. The molecule has 140 valence electrons. The van der Waals surface area contributed by atoms with Crippen LogP contribution in [-0.4, -0.2) is 24.9 Å². The number of fused-ring (bicyclic) bond motifs is 1. The molecular weight excluding hydrogens is 342 g/mol. The zero-order chi connectivity index (χ0) is 19.4. The minimum atomic E-state index is -0.365. The normalized spacial score (nSPS) is 14.9. The van der Waals surface area contributed by atoms with Crippen molar-refractivity contribution in [2.45, 2.75) is 13.8 Å². The summed E-state index contributed by atoms with van der Waals surface area (Å²) in [5.41, 5.74) is 7.74. The summed E-state index contributed by atoms with van der Waals surface area (Å²) in [7, 11) is 0. The molecule has 27 heavy (non-hydrogen) atoms. The highest BCUT2D eigenvalue weighted by molar-refractivity contribution is 6.12. The van der Waals surface area contributed by atoms with Crippen LogP contribution in [0.15, 0.2) is 54.3 Å². The Balaban J connectivity index is 1.92. The molecule has 0 bridgehead atoms. The summed E-state index contributed by atoms with van der Waals surface area (Å²) in [4.78, 5) is 26.7. The highest BCUT2D eigenvalue weighted by atomic mass is 16.5. The first-order valence-corrected chi connectivity index (χ1v) is 8.86. The number of hydrogen-bond acceptors (Lipinski definition) is 4. The maximum Gasteiger partial charge on any atom is 0.294 e. The van der Waals surface area contributed by atoms with Gasteiger partial charge in [-0.2, -0.15) is 0 Å². The summed E-state index contributed by atoms with van der Waals surface area (Å²) < 4.78 is 5.80. The summed E-state index contributed by atoms with van der Waals surface area (Å²) in [5, 5.41) is 2.84. The lowest BCUT2D eigenvalue weighted by Gasteiger charge is -2.30. The number of nitrogen functional groups attached to an aromatic ring is 1. The van der Waals surface area contributed by atoms with Crippen LogP contribution in [0, 0.1) is 5.92 Å². The number of amides is 2. The monoisotopic (exact) mass is 365 g/mol. The van der Waals surface area contributed by atoms with Crippen LogP contribution in [0.3, 0.4) is 0 Å². The number of ether oxygens (including phenoxy) is 1. The first kappa shape index (κ1) is 18.5. The van der Waals surface area contributed by atoms with Crippen molar-refractivity contribution in [2.24, 2.45) is 5.92 Å². The summed E-state index contributed by atoms with van der Waals surface area (Å²) in [6.07, 6.45) is 1.66. The highest BCUT2D eigenvalue weighted by Gasteiger charge is 2.31. The molecule has 0 aliphatic carbocycles. The number of carbonyl (C=O) groups excluding carboxylic acids is 2. The predicted molar refractivity (Wildman–Crippen MR) is 106 cm³/mol. The molecule has 0 unspecified atom stereocenters. The van der Waals surface area contributed by atoms with Crippen molar-refractivity contribution < 1.29 is 14.3 Å². The summed E-state index contributed by atoms with van der Waals surface area (Å²) in [6.45, 7) is 4.49. The molecule has 2 amide bonds. The minimum Gasteiger partial charge on any atom is -0.449 e. The van der Waals surface area contributed by atoms with Crippen LogP contribution in [0.5, 0.6) is 5.75 Å². The fraction of sp³-hybridized carbons (Fsp3) is 0.238. The lowest BCUT2D eigenvalue weighted by atomic mass is 10.1. The fourth-order valence-electron chi connectivity index (χ4n) is 2.71. The molecule has 1 aliphatic rings. The van der Waals surface area contributed by atoms with Gasteiger partial charge < -0.3 is 15.8 Å². The van der Waals surface area contributed by atoms with Crippen molar-refractivity contribution in [3.8, 4) is 5.75 Å². The van der Waals surface area contributed by atoms with E-state index in [0.717, 1.165) is 5.56 Å². The van der Waals surface area contributed by atoms with E-state index in [1.165, 1.54) is 4.90 Å². The lowest BCUT2D eigenvalue weighted by molar-refractivity contribution is -0.123.